The van der Waals surface area contributed by atoms with Gasteiger partial charge in [0.25, 0.3) is 0 Å². The summed E-state index contributed by atoms with van der Waals surface area (Å²) in [6.45, 7) is 0. The molecule has 0 spiro atoms. The predicted octanol–water partition coefficient (Wildman–Crippen LogP) is 18.9. The summed E-state index contributed by atoms with van der Waals surface area (Å²) in [6, 6.07) is 103. The highest BCUT2D eigenvalue weighted by atomic mass is 15.3. The molecule has 0 fully saturated rings. The molecule has 0 atom stereocenters. The normalized spacial score (nSPS) is 11.5. The first-order valence-electron chi connectivity index (χ1n) is 25.4. The number of fused-ring (bicyclic) bond motifs is 5. The van der Waals surface area contributed by atoms with Gasteiger partial charge in [-0.3, -0.25) is 0 Å². The van der Waals surface area contributed by atoms with E-state index in [9.17, 15) is 0 Å². The predicted molar refractivity (Wildman–Crippen MR) is 311 cm³/mol. The lowest BCUT2D eigenvalue weighted by molar-refractivity contribution is 0.892. The summed E-state index contributed by atoms with van der Waals surface area (Å²) in [4.78, 5) is 0. The highest BCUT2D eigenvalue weighted by molar-refractivity contribution is 6.11. The van der Waals surface area contributed by atoms with Crippen LogP contribution in [0.3, 0.4) is 0 Å². The highest BCUT2D eigenvalue weighted by Gasteiger charge is 2.19. The zero-order valence-electron chi connectivity index (χ0n) is 40.5. The van der Waals surface area contributed by atoms with Gasteiger partial charge in [0.05, 0.1) is 28.1 Å². The fraction of sp³-hybridized carbons (Fsp3) is 0. The summed E-state index contributed by atoms with van der Waals surface area (Å²) >= 11 is 0. The molecule has 0 saturated carbocycles. The van der Waals surface area contributed by atoms with Crippen LogP contribution >= 0.6 is 0 Å². The average Bonchev–Trinajstić information content (AvgIpc) is 4.08. The Morgan fingerprint density at radius 2 is 0.676 bits per heavy atom. The minimum absolute atomic E-state index is 0.913. The third-order valence-electron chi connectivity index (χ3n) is 14.8. The van der Waals surface area contributed by atoms with Crippen molar-refractivity contribution in [3.8, 4) is 89.5 Å². The Morgan fingerprint density at radius 1 is 0.243 bits per heavy atom. The van der Waals surface area contributed by atoms with Gasteiger partial charge < -0.3 is 4.57 Å². The number of aromatic nitrogens is 3. The number of para-hydroxylation sites is 2. The van der Waals surface area contributed by atoms with Crippen molar-refractivity contribution in [3.63, 3.8) is 0 Å². The Balaban J connectivity index is 0.838. The van der Waals surface area contributed by atoms with Crippen molar-refractivity contribution in [1.82, 2.24) is 14.3 Å². The Morgan fingerprint density at radius 3 is 1.31 bits per heavy atom. The van der Waals surface area contributed by atoms with Crippen molar-refractivity contribution in [3.05, 3.63) is 285 Å². The standard InChI is InChI=1S/C71H47N3/c1-2-20-56(21-3-1)73-69-31-13-12-28-66(69)67-46-55(42-45-70(67)73)63-25-9-11-27-65(63)64-26-10-8-24-62(64)52-40-43-57(44-41-52)74-71(54-38-34-51(35-39-54)61-30-15-19-49-17-5-7-23-59(49)61)47-68(72-74)53-36-32-50(33-37-53)60-29-14-18-48-16-4-6-22-58(48)60/h1-47H. The molecule has 2 aromatic heterocycles. The monoisotopic (exact) mass is 941 g/mol. The molecule has 0 amide bonds. The van der Waals surface area contributed by atoms with E-state index in [4.69, 9.17) is 5.10 Å². The maximum Gasteiger partial charge on any atom is 0.0934 e. The van der Waals surface area contributed by atoms with Gasteiger partial charge in [-0.15, -0.1) is 0 Å². The van der Waals surface area contributed by atoms with Crippen LogP contribution in [0.4, 0.5) is 0 Å². The molecule has 3 heteroatoms. The van der Waals surface area contributed by atoms with Crippen molar-refractivity contribution in [1.29, 1.82) is 0 Å². The SMILES string of the molecule is c1ccc(-n2c3ccccc3c3cc(-c4ccccc4-c4ccccc4-c4ccc(-n5nc(-c6ccc(-c7cccc8ccccc78)cc6)cc5-c5ccc(-c6cccc7ccccc67)cc5)cc4)ccc32)cc1. The van der Waals surface area contributed by atoms with E-state index >= 15 is 0 Å². The first-order chi connectivity index (χ1) is 36.7. The van der Waals surface area contributed by atoms with E-state index in [-0.39, 0.29) is 0 Å². The number of benzene rings is 12. The zero-order chi connectivity index (χ0) is 49.0. The molecule has 3 nitrogen and oxygen atoms in total. The second-order valence-electron chi connectivity index (χ2n) is 19.1. The molecule has 14 aromatic rings. The summed E-state index contributed by atoms with van der Waals surface area (Å²) in [5, 5.41) is 12.8. The quantitative estimate of drug-likeness (QED) is 0.141. The lowest BCUT2D eigenvalue weighted by Gasteiger charge is -2.16. The number of rotatable bonds is 9. The van der Waals surface area contributed by atoms with E-state index in [1.54, 1.807) is 0 Å². The average molecular weight is 942 g/mol. The zero-order valence-corrected chi connectivity index (χ0v) is 40.5. The van der Waals surface area contributed by atoms with Crippen LogP contribution in [-0.2, 0) is 0 Å². The van der Waals surface area contributed by atoms with Crippen molar-refractivity contribution in [2.45, 2.75) is 0 Å². The van der Waals surface area contributed by atoms with Crippen molar-refractivity contribution >= 4 is 43.4 Å². The van der Waals surface area contributed by atoms with Gasteiger partial charge in [0.15, 0.2) is 0 Å². The first-order valence-corrected chi connectivity index (χ1v) is 25.4. The molecular weight excluding hydrogens is 895 g/mol. The molecule has 0 N–H and O–H groups in total. The van der Waals surface area contributed by atoms with E-state index < -0.39 is 0 Å². The topological polar surface area (TPSA) is 22.8 Å². The lowest BCUT2D eigenvalue weighted by atomic mass is 9.89. The van der Waals surface area contributed by atoms with Gasteiger partial charge >= 0.3 is 0 Å². The van der Waals surface area contributed by atoms with Gasteiger partial charge in [-0.2, -0.15) is 5.10 Å². The summed E-state index contributed by atoms with van der Waals surface area (Å²) < 4.78 is 4.48. The Kier molecular flexibility index (Phi) is 10.5. The van der Waals surface area contributed by atoms with Gasteiger partial charge in [0.2, 0.25) is 0 Å². The van der Waals surface area contributed by atoms with E-state index in [0.717, 1.165) is 39.5 Å². The fourth-order valence-electron chi connectivity index (χ4n) is 11.2. The molecule has 0 aliphatic heterocycles. The number of hydrogen-bond acceptors (Lipinski definition) is 1. The molecule has 14 rings (SSSR count). The third kappa shape index (κ3) is 7.50. The molecule has 0 aliphatic carbocycles. The molecule has 0 saturated heterocycles. The van der Waals surface area contributed by atoms with Gasteiger partial charge in [-0.05, 0) is 126 Å². The van der Waals surface area contributed by atoms with E-state index in [0.29, 0.717) is 0 Å². The Hall–Kier alpha value is -9.83. The number of nitrogens with zero attached hydrogens (tertiary/aromatic N) is 3. The molecule has 12 aromatic carbocycles. The van der Waals surface area contributed by atoms with Gasteiger partial charge in [-0.25, -0.2) is 4.68 Å². The minimum Gasteiger partial charge on any atom is -0.309 e. The van der Waals surface area contributed by atoms with Crippen LogP contribution in [0.1, 0.15) is 0 Å². The van der Waals surface area contributed by atoms with Crippen LogP contribution in [-0.4, -0.2) is 14.3 Å². The molecule has 346 valence electrons. The highest BCUT2D eigenvalue weighted by Crippen LogP contribution is 2.42. The number of hydrogen-bond donors (Lipinski definition) is 0. The van der Waals surface area contributed by atoms with Crippen molar-refractivity contribution in [2.24, 2.45) is 0 Å². The largest absolute Gasteiger partial charge is 0.309 e. The van der Waals surface area contributed by atoms with E-state index in [1.807, 2.05) is 0 Å². The van der Waals surface area contributed by atoms with Crippen LogP contribution < -0.4 is 0 Å². The minimum atomic E-state index is 0.913. The molecule has 0 unspecified atom stereocenters. The Bertz CT molecular complexity index is 4380. The third-order valence-corrected chi connectivity index (χ3v) is 14.8. The van der Waals surface area contributed by atoms with Gasteiger partial charge in [0, 0.05) is 27.6 Å². The van der Waals surface area contributed by atoms with Gasteiger partial charge in [0.1, 0.15) is 0 Å². The first kappa shape index (κ1) is 43.0. The molecule has 2 heterocycles. The van der Waals surface area contributed by atoms with Crippen LogP contribution in [0.15, 0.2) is 285 Å². The summed E-state index contributed by atoms with van der Waals surface area (Å²) in [7, 11) is 0. The molecule has 74 heavy (non-hydrogen) atoms. The fourth-order valence-corrected chi connectivity index (χ4v) is 11.2. The smallest absolute Gasteiger partial charge is 0.0934 e. The van der Waals surface area contributed by atoms with Crippen LogP contribution in [0, 0.1) is 0 Å². The van der Waals surface area contributed by atoms with Gasteiger partial charge in [-0.1, -0.05) is 237 Å². The van der Waals surface area contributed by atoms with Crippen LogP contribution in [0.2, 0.25) is 0 Å². The summed E-state index contributed by atoms with van der Waals surface area (Å²) in [6.07, 6.45) is 0. The van der Waals surface area contributed by atoms with E-state index in [2.05, 4.69) is 294 Å². The molecule has 0 aliphatic rings. The maximum atomic E-state index is 5.39. The maximum absolute atomic E-state index is 5.39. The summed E-state index contributed by atoms with van der Waals surface area (Å²) in [5.74, 6) is 0. The van der Waals surface area contributed by atoms with Crippen LogP contribution in [0.5, 0.6) is 0 Å². The molecule has 0 radical (unpaired) electrons. The Labute approximate surface area is 430 Å². The second kappa shape index (κ2) is 18.1. The molecular formula is C71H47N3. The lowest BCUT2D eigenvalue weighted by Crippen LogP contribution is -1.99. The van der Waals surface area contributed by atoms with E-state index in [1.165, 1.54) is 93.4 Å². The second-order valence-corrected chi connectivity index (χ2v) is 19.1. The van der Waals surface area contributed by atoms with Crippen molar-refractivity contribution in [2.75, 3.05) is 0 Å². The van der Waals surface area contributed by atoms with Crippen molar-refractivity contribution < 1.29 is 0 Å². The van der Waals surface area contributed by atoms with Crippen LogP contribution in [0.25, 0.3) is 133 Å². The summed E-state index contributed by atoms with van der Waals surface area (Å²) in [5.41, 5.74) is 20.5. The molecule has 0 bridgehead atoms.